The summed E-state index contributed by atoms with van der Waals surface area (Å²) in [6, 6.07) is 9.85. The van der Waals surface area contributed by atoms with Gasteiger partial charge in [-0.05, 0) is 48.5 Å². The van der Waals surface area contributed by atoms with Gasteiger partial charge < -0.3 is 27.0 Å². The Morgan fingerprint density at radius 1 is 1.09 bits per heavy atom. The van der Waals surface area contributed by atoms with Crippen molar-refractivity contribution < 1.29 is 28.0 Å². The maximum Gasteiger partial charge on any atom is 0.416 e. The fraction of sp³-hybridized carbons (Fsp3) is 0.0952. The quantitative estimate of drug-likeness (QED) is 0.370. The van der Waals surface area contributed by atoms with Gasteiger partial charge in [0, 0.05) is 23.8 Å². The maximum absolute atomic E-state index is 13.2. The van der Waals surface area contributed by atoms with Crippen molar-refractivity contribution in [3.05, 3.63) is 78.0 Å². The van der Waals surface area contributed by atoms with Crippen molar-refractivity contribution in [3.63, 3.8) is 0 Å². The van der Waals surface area contributed by atoms with E-state index in [-0.39, 0.29) is 29.6 Å². The number of aromatic nitrogens is 2. The van der Waals surface area contributed by atoms with Gasteiger partial charge in [-0.1, -0.05) is 0 Å². The second kappa shape index (κ2) is 8.90. The van der Waals surface area contributed by atoms with Crippen molar-refractivity contribution in [2.75, 3.05) is 22.2 Å². The molecular formula is C21H19F3N8O3. The molecule has 182 valence electrons. The van der Waals surface area contributed by atoms with E-state index in [0.717, 1.165) is 12.1 Å². The van der Waals surface area contributed by atoms with Crippen LogP contribution in [0, 0.1) is 0 Å². The van der Waals surface area contributed by atoms with Crippen LogP contribution in [0.15, 0.2) is 72.4 Å². The van der Waals surface area contributed by atoms with Crippen LogP contribution < -0.4 is 27.0 Å². The maximum atomic E-state index is 13.2. The first-order chi connectivity index (χ1) is 16.5. The first kappa shape index (κ1) is 23.4. The fourth-order valence-electron chi connectivity index (χ4n) is 3.45. The van der Waals surface area contributed by atoms with Gasteiger partial charge in [0.15, 0.2) is 5.70 Å². The highest BCUT2D eigenvalue weighted by Crippen LogP contribution is 2.33. The van der Waals surface area contributed by atoms with Gasteiger partial charge in [-0.3, -0.25) is 10.0 Å². The van der Waals surface area contributed by atoms with Gasteiger partial charge in [0.25, 0.3) is 5.91 Å². The number of hydrogen-bond donors (Lipinski definition) is 5. The van der Waals surface area contributed by atoms with Crippen molar-refractivity contribution in [2.24, 2.45) is 11.5 Å². The number of carbonyl (C=O) groups excluding carboxylic acids is 2. The normalized spacial score (nSPS) is 13.8. The third-order valence-electron chi connectivity index (χ3n) is 5.06. The van der Waals surface area contributed by atoms with E-state index in [4.69, 9.17) is 11.5 Å². The number of nitrogens with zero attached hydrogens (tertiary/aromatic N) is 4. The van der Waals surface area contributed by atoms with Crippen molar-refractivity contribution in [1.82, 2.24) is 14.8 Å². The van der Waals surface area contributed by atoms with Crippen LogP contribution in [0.4, 0.5) is 35.0 Å². The summed E-state index contributed by atoms with van der Waals surface area (Å²) in [6.45, 7) is -0.136. The molecule has 0 saturated carbocycles. The van der Waals surface area contributed by atoms with E-state index in [0.29, 0.717) is 16.4 Å². The minimum absolute atomic E-state index is 0.0471. The summed E-state index contributed by atoms with van der Waals surface area (Å²) in [5.74, 6) is -0.944. The molecule has 0 aliphatic carbocycles. The third kappa shape index (κ3) is 4.81. The van der Waals surface area contributed by atoms with E-state index in [9.17, 15) is 28.0 Å². The molecule has 0 bridgehead atoms. The molecule has 7 N–H and O–H groups in total. The van der Waals surface area contributed by atoms with Crippen molar-refractivity contribution in [2.45, 2.75) is 6.18 Å². The van der Waals surface area contributed by atoms with E-state index in [2.05, 4.69) is 15.7 Å². The molecule has 11 nitrogen and oxygen atoms in total. The minimum Gasteiger partial charge on any atom is -0.383 e. The lowest BCUT2D eigenvalue weighted by molar-refractivity contribution is -0.137. The summed E-state index contributed by atoms with van der Waals surface area (Å²) in [5.41, 5.74) is 10.9. The molecule has 1 aliphatic rings. The van der Waals surface area contributed by atoms with Gasteiger partial charge in [0.1, 0.15) is 12.5 Å². The lowest BCUT2D eigenvalue weighted by Crippen LogP contribution is -2.28. The molecule has 3 amide bonds. The Bertz CT molecular complexity index is 1290. The average molecular weight is 488 g/mol. The van der Waals surface area contributed by atoms with Gasteiger partial charge in [0.05, 0.1) is 16.9 Å². The van der Waals surface area contributed by atoms with E-state index < -0.39 is 23.7 Å². The lowest BCUT2D eigenvalue weighted by Gasteiger charge is -2.20. The predicted molar refractivity (Wildman–Crippen MR) is 119 cm³/mol. The van der Waals surface area contributed by atoms with Gasteiger partial charge in [0.2, 0.25) is 0 Å². The number of amides is 3. The molecule has 2 heterocycles. The largest absolute Gasteiger partial charge is 0.416 e. The van der Waals surface area contributed by atoms with E-state index in [1.54, 1.807) is 18.2 Å². The predicted octanol–water partition coefficient (Wildman–Crippen LogP) is 2.62. The second-order valence-electron chi connectivity index (χ2n) is 7.37. The Morgan fingerprint density at radius 3 is 2.37 bits per heavy atom. The molecule has 0 unspecified atom stereocenters. The summed E-state index contributed by atoms with van der Waals surface area (Å²) in [7, 11) is 0. The molecule has 35 heavy (non-hydrogen) atoms. The summed E-state index contributed by atoms with van der Waals surface area (Å²) >= 11 is 0. The number of nitrogens with one attached hydrogen (secondary N) is 2. The van der Waals surface area contributed by atoms with Crippen molar-refractivity contribution in [1.29, 1.82) is 0 Å². The number of alkyl halides is 3. The SMILES string of the molecule is NC(=O)C1=C(N)N(c2ccc(NC(=O)Nc3cc(C(F)(F)F)ccc3-n3cccn3)cc2)CN1O. The molecule has 0 radical (unpaired) electrons. The van der Waals surface area contributed by atoms with Crippen LogP contribution in [-0.2, 0) is 11.0 Å². The highest BCUT2D eigenvalue weighted by Gasteiger charge is 2.32. The number of hydrogen-bond acceptors (Lipinski definition) is 7. The number of halogens is 3. The molecule has 0 fully saturated rings. The van der Waals surface area contributed by atoms with Crippen LogP contribution in [0.2, 0.25) is 0 Å². The third-order valence-corrected chi connectivity index (χ3v) is 5.06. The standard InChI is InChI=1S/C21H19F3N8O3/c22-21(23,24)12-2-7-16(31-9-1-8-27-31)15(10-12)29-20(34)28-13-3-5-14(6-4-13)30-11-32(35)17(18(30)25)19(26)33/h1-10,35H,11,25H2,(H2,26,33)(H2,28,29,34). The van der Waals surface area contributed by atoms with Crippen LogP contribution in [0.5, 0.6) is 0 Å². The Balaban J connectivity index is 1.51. The summed E-state index contributed by atoms with van der Waals surface area (Å²) in [5, 5.41) is 19.4. The number of urea groups is 1. The van der Waals surface area contributed by atoms with Crippen LogP contribution >= 0.6 is 0 Å². The number of rotatable bonds is 5. The summed E-state index contributed by atoms with van der Waals surface area (Å²) in [4.78, 5) is 25.4. The number of benzene rings is 2. The summed E-state index contributed by atoms with van der Waals surface area (Å²) < 4.78 is 40.9. The number of carbonyl (C=O) groups is 2. The zero-order valence-corrected chi connectivity index (χ0v) is 17.8. The summed E-state index contributed by atoms with van der Waals surface area (Å²) in [6.07, 6.45) is -1.62. The van der Waals surface area contributed by atoms with E-state index >= 15 is 0 Å². The lowest BCUT2D eigenvalue weighted by atomic mass is 10.1. The van der Waals surface area contributed by atoms with Crippen LogP contribution in [0.1, 0.15) is 5.56 Å². The number of nitrogens with two attached hydrogens (primary N) is 2. The van der Waals surface area contributed by atoms with Crippen molar-refractivity contribution >= 4 is 29.0 Å². The molecule has 14 heteroatoms. The Kier molecular flexibility index (Phi) is 5.96. The Hall–Kier alpha value is -4.72. The Labute approximate surface area is 196 Å². The van der Waals surface area contributed by atoms with Gasteiger partial charge in [-0.25, -0.2) is 14.5 Å². The Morgan fingerprint density at radius 2 is 1.80 bits per heavy atom. The number of primary amides is 1. The molecule has 4 rings (SSSR count). The minimum atomic E-state index is -4.60. The van der Waals surface area contributed by atoms with Gasteiger partial charge >= 0.3 is 12.2 Å². The molecular weight excluding hydrogens is 469 g/mol. The molecule has 1 aromatic heterocycles. The highest BCUT2D eigenvalue weighted by atomic mass is 19.4. The van der Waals surface area contributed by atoms with Gasteiger partial charge in [-0.2, -0.15) is 18.3 Å². The molecule has 0 atom stereocenters. The zero-order valence-electron chi connectivity index (χ0n) is 17.8. The molecule has 1 aliphatic heterocycles. The first-order valence-electron chi connectivity index (χ1n) is 9.97. The van der Waals surface area contributed by atoms with E-state index in [1.165, 1.54) is 40.2 Å². The average Bonchev–Trinajstić information content (AvgIpc) is 3.41. The highest BCUT2D eigenvalue weighted by molar-refractivity contribution is 6.01. The molecule has 3 aromatic rings. The smallest absolute Gasteiger partial charge is 0.383 e. The monoisotopic (exact) mass is 488 g/mol. The fourth-order valence-corrected chi connectivity index (χ4v) is 3.45. The van der Waals surface area contributed by atoms with Gasteiger partial charge in [-0.15, -0.1) is 0 Å². The number of hydroxylamine groups is 2. The van der Waals surface area contributed by atoms with Crippen LogP contribution in [0.25, 0.3) is 5.69 Å². The molecule has 0 spiro atoms. The zero-order chi connectivity index (χ0) is 25.3. The van der Waals surface area contributed by atoms with Crippen LogP contribution in [-0.4, -0.2) is 38.7 Å². The first-order valence-corrected chi connectivity index (χ1v) is 9.97. The van der Waals surface area contributed by atoms with Crippen LogP contribution in [0.3, 0.4) is 0 Å². The second-order valence-corrected chi connectivity index (χ2v) is 7.37. The molecule has 0 saturated heterocycles. The topological polar surface area (TPSA) is 155 Å². The van der Waals surface area contributed by atoms with Crippen molar-refractivity contribution in [3.8, 4) is 5.69 Å². The number of anilines is 3. The molecule has 2 aromatic carbocycles. The van der Waals surface area contributed by atoms with E-state index in [1.807, 2.05) is 0 Å².